The van der Waals surface area contributed by atoms with Crippen molar-refractivity contribution in [1.82, 2.24) is 9.80 Å². The first-order valence-corrected chi connectivity index (χ1v) is 7.81. The topological polar surface area (TPSA) is 66.6 Å². The molecular weight excluding hydrogens is 278 g/mol. The summed E-state index contributed by atoms with van der Waals surface area (Å²) < 4.78 is 0. The van der Waals surface area contributed by atoms with Gasteiger partial charge in [-0.15, -0.1) is 0 Å². The smallest absolute Gasteiger partial charge is 0.253 e. The highest BCUT2D eigenvalue weighted by Gasteiger charge is 2.30. The lowest BCUT2D eigenvalue weighted by molar-refractivity contribution is -0.137. The van der Waals surface area contributed by atoms with E-state index < -0.39 is 0 Å². The van der Waals surface area contributed by atoms with Crippen LogP contribution in [0.2, 0.25) is 0 Å². The van der Waals surface area contributed by atoms with Gasteiger partial charge in [0.2, 0.25) is 5.91 Å². The van der Waals surface area contributed by atoms with Crippen molar-refractivity contribution in [2.45, 2.75) is 32.7 Å². The van der Waals surface area contributed by atoms with Crippen molar-refractivity contribution in [1.29, 1.82) is 0 Å². The van der Waals surface area contributed by atoms with E-state index in [1.807, 2.05) is 25.8 Å². The summed E-state index contributed by atoms with van der Waals surface area (Å²) in [4.78, 5) is 28.4. The predicted molar refractivity (Wildman–Crippen MR) is 87.4 cm³/mol. The molecule has 1 aromatic carbocycles. The molecule has 22 heavy (non-hydrogen) atoms. The van der Waals surface area contributed by atoms with Gasteiger partial charge in [0.1, 0.15) is 0 Å². The molecule has 0 bridgehead atoms. The zero-order chi connectivity index (χ0) is 16.3. The Hall–Kier alpha value is -2.04. The lowest BCUT2D eigenvalue weighted by Crippen LogP contribution is -2.45. The van der Waals surface area contributed by atoms with E-state index in [2.05, 4.69) is 0 Å². The number of hydrogen-bond acceptors (Lipinski definition) is 3. The van der Waals surface area contributed by atoms with Crippen LogP contribution >= 0.6 is 0 Å². The van der Waals surface area contributed by atoms with Crippen LogP contribution in [0.1, 0.15) is 37.0 Å². The molecule has 0 spiro atoms. The third-order valence-corrected chi connectivity index (χ3v) is 4.39. The molecule has 2 N–H and O–H groups in total. The molecule has 120 valence electrons. The quantitative estimate of drug-likeness (QED) is 0.868. The van der Waals surface area contributed by atoms with E-state index in [1.165, 1.54) is 0 Å². The minimum Gasteiger partial charge on any atom is -0.399 e. The largest absolute Gasteiger partial charge is 0.399 e. The fourth-order valence-corrected chi connectivity index (χ4v) is 2.73. The van der Waals surface area contributed by atoms with Crippen molar-refractivity contribution in [3.63, 3.8) is 0 Å². The number of amides is 2. The summed E-state index contributed by atoms with van der Waals surface area (Å²) in [7, 11) is 1.84. The first-order valence-electron chi connectivity index (χ1n) is 7.81. The average molecular weight is 303 g/mol. The van der Waals surface area contributed by atoms with Crippen LogP contribution in [0.3, 0.4) is 0 Å². The van der Waals surface area contributed by atoms with E-state index in [1.54, 1.807) is 29.2 Å². The lowest BCUT2D eigenvalue weighted by atomic mass is 9.94. The minimum absolute atomic E-state index is 0.00425. The van der Waals surface area contributed by atoms with Crippen molar-refractivity contribution >= 4 is 17.5 Å². The summed E-state index contributed by atoms with van der Waals surface area (Å²) in [6.45, 7) is 5.26. The molecule has 1 aliphatic rings. The van der Waals surface area contributed by atoms with E-state index in [9.17, 15) is 9.59 Å². The fourth-order valence-electron chi connectivity index (χ4n) is 2.73. The van der Waals surface area contributed by atoms with E-state index in [0.717, 1.165) is 12.8 Å². The van der Waals surface area contributed by atoms with Gasteiger partial charge >= 0.3 is 0 Å². The van der Waals surface area contributed by atoms with Crippen LogP contribution in [0, 0.1) is 5.92 Å². The number of rotatable bonds is 3. The molecule has 1 fully saturated rings. The molecule has 5 heteroatoms. The summed E-state index contributed by atoms with van der Waals surface area (Å²) in [5.74, 6) is 0.207. The first kappa shape index (κ1) is 16.3. The number of carbonyl (C=O) groups is 2. The minimum atomic E-state index is -0.00425. The number of benzene rings is 1. The average Bonchev–Trinajstić information content (AvgIpc) is 2.52. The maximum atomic E-state index is 12.4. The van der Waals surface area contributed by atoms with Crippen molar-refractivity contribution in [3.05, 3.63) is 29.8 Å². The van der Waals surface area contributed by atoms with Gasteiger partial charge in [-0.2, -0.15) is 0 Å². The highest BCUT2D eigenvalue weighted by molar-refractivity contribution is 5.95. The predicted octanol–water partition coefficient (Wildman–Crippen LogP) is 1.99. The Morgan fingerprint density at radius 3 is 2.45 bits per heavy atom. The molecule has 0 aromatic heterocycles. The Bertz CT molecular complexity index is 549. The molecule has 0 aliphatic carbocycles. The van der Waals surface area contributed by atoms with Crippen LogP contribution in [0.25, 0.3) is 0 Å². The third kappa shape index (κ3) is 3.59. The van der Waals surface area contributed by atoms with Gasteiger partial charge in [0.25, 0.3) is 5.91 Å². The summed E-state index contributed by atoms with van der Waals surface area (Å²) in [5.41, 5.74) is 6.94. The van der Waals surface area contributed by atoms with E-state index >= 15 is 0 Å². The maximum Gasteiger partial charge on any atom is 0.253 e. The Labute approximate surface area is 132 Å². The molecule has 0 unspecified atom stereocenters. The first-order chi connectivity index (χ1) is 10.4. The van der Waals surface area contributed by atoms with Gasteiger partial charge in [-0.3, -0.25) is 9.59 Å². The zero-order valence-corrected chi connectivity index (χ0v) is 13.6. The SMILES string of the molecule is CC(C)N(C)C(=O)C1CCN(C(=O)c2cccc(N)c2)CC1. The lowest BCUT2D eigenvalue weighted by Gasteiger charge is -2.34. The van der Waals surface area contributed by atoms with Crippen LogP contribution in [0.15, 0.2) is 24.3 Å². The second kappa shape index (κ2) is 6.81. The maximum absolute atomic E-state index is 12.4. The van der Waals surface area contributed by atoms with Gasteiger partial charge in [0.15, 0.2) is 0 Å². The van der Waals surface area contributed by atoms with Crippen molar-refractivity contribution in [2.75, 3.05) is 25.9 Å². The van der Waals surface area contributed by atoms with E-state index in [4.69, 9.17) is 5.73 Å². The third-order valence-electron chi connectivity index (χ3n) is 4.39. The second-order valence-corrected chi connectivity index (χ2v) is 6.23. The summed E-state index contributed by atoms with van der Waals surface area (Å²) in [5, 5.41) is 0. The molecule has 1 aliphatic heterocycles. The standard InChI is InChI=1S/C17H25N3O2/c1-12(2)19(3)16(21)13-7-9-20(10-8-13)17(22)14-5-4-6-15(18)11-14/h4-6,11-13H,7-10,18H2,1-3H3. The van der Waals surface area contributed by atoms with Gasteiger partial charge in [-0.25, -0.2) is 0 Å². The number of likely N-dealkylation sites (tertiary alicyclic amines) is 1. The molecule has 1 heterocycles. The Morgan fingerprint density at radius 2 is 1.91 bits per heavy atom. The van der Waals surface area contributed by atoms with Gasteiger partial charge in [-0.1, -0.05) is 6.07 Å². The monoisotopic (exact) mass is 303 g/mol. The molecule has 1 saturated heterocycles. The molecular formula is C17H25N3O2. The number of nitrogens with zero attached hydrogens (tertiary/aromatic N) is 2. The van der Waals surface area contributed by atoms with Gasteiger partial charge in [0.05, 0.1) is 0 Å². The summed E-state index contributed by atoms with van der Waals surface area (Å²) in [6.07, 6.45) is 1.45. The van der Waals surface area contributed by atoms with Gasteiger partial charge < -0.3 is 15.5 Å². The Balaban J connectivity index is 1.95. The molecule has 1 aromatic rings. The molecule has 2 rings (SSSR count). The highest BCUT2D eigenvalue weighted by Crippen LogP contribution is 2.22. The Kier molecular flexibility index (Phi) is 5.06. The van der Waals surface area contributed by atoms with Gasteiger partial charge in [0, 0.05) is 43.3 Å². The second-order valence-electron chi connectivity index (χ2n) is 6.23. The number of nitrogens with two attached hydrogens (primary N) is 1. The van der Waals surface area contributed by atoms with Crippen molar-refractivity contribution in [3.8, 4) is 0 Å². The number of anilines is 1. The number of nitrogen functional groups attached to an aromatic ring is 1. The molecule has 5 nitrogen and oxygen atoms in total. The van der Waals surface area contributed by atoms with Crippen molar-refractivity contribution in [2.24, 2.45) is 5.92 Å². The van der Waals surface area contributed by atoms with E-state index in [-0.39, 0.29) is 23.8 Å². The molecule has 0 atom stereocenters. The number of piperidine rings is 1. The van der Waals surface area contributed by atoms with Crippen LogP contribution < -0.4 is 5.73 Å². The summed E-state index contributed by atoms with van der Waals surface area (Å²) in [6, 6.07) is 7.24. The molecule has 0 saturated carbocycles. The van der Waals surface area contributed by atoms with Crippen LogP contribution in [0.5, 0.6) is 0 Å². The van der Waals surface area contributed by atoms with Crippen LogP contribution in [-0.4, -0.2) is 47.8 Å². The van der Waals surface area contributed by atoms with Crippen LogP contribution in [-0.2, 0) is 4.79 Å². The van der Waals surface area contributed by atoms with Crippen molar-refractivity contribution < 1.29 is 9.59 Å². The van der Waals surface area contributed by atoms with E-state index in [0.29, 0.717) is 24.3 Å². The molecule has 2 amide bonds. The number of hydrogen-bond donors (Lipinski definition) is 1. The zero-order valence-electron chi connectivity index (χ0n) is 13.6. The van der Waals surface area contributed by atoms with Gasteiger partial charge in [-0.05, 0) is 44.9 Å². The fraction of sp³-hybridized carbons (Fsp3) is 0.529. The number of carbonyl (C=O) groups excluding carboxylic acids is 2. The molecule has 0 radical (unpaired) electrons. The van der Waals surface area contributed by atoms with Crippen LogP contribution in [0.4, 0.5) is 5.69 Å². The Morgan fingerprint density at radius 1 is 1.27 bits per heavy atom. The normalized spacial score (nSPS) is 15.9. The highest BCUT2D eigenvalue weighted by atomic mass is 16.2. The summed E-state index contributed by atoms with van der Waals surface area (Å²) >= 11 is 0.